The van der Waals surface area contributed by atoms with E-state index in [-0.39, 0.29) is 6.04 Å². The van der Waals surface area contributed by atoms with E-state index in [2.05, 4.69) is 33.3 Å². The number of rotatable bonds is 5. The van der Waals surface area contributed by atoms with Crippen LogP contribution in [0.15, 0.2) is 33.5 Å². The first kappa shape index (κ1) is 12.4. The van der Waals surface area contributed by atoms with Crippen LogP contribution in [0.3, 0.4) is 0 Å². The van der Waals surface area contributed by atoms with Crippen molar-refractivity contribution in [3.05, 3.63) is 40.5 Å². The van der Waals surface area contributed by atoms with Crippen molar-refractivity contribution >= 4 is 15.9 Å². The number of nitrogens with zero attached hydrogens (tertiary/aromatic N) is 2. The second-order valence-corrected chi connectivity index (χ2v) is 4.69. The topological polar surface area (TPSA) is 43.0 Å². The monoisotopic (exact) mass is 297 g/mol. The molecule has 0 saturated carbocycles. The van der Waals surface area contributed by atoms with Crippen molar-refractivity contribution in [2.45, 2.75) is 19.4 Å². The number of nitrogens with one attached hydrogen (secondary N) is 1. The Balaban J connectivity index is 2.28. The molecule has 0 aliphatic rings. The van der Waals surface area contributed by atoms with Crippen molar-refractivity contribution in [3.63, 3.8) is 0 Å². The molecule has 0 bridgehead atoms. The van der Waals surface area contributed by atoms with Gasteiger partial charge in [-0.2, -0.15) is 5.10 Å². The van der Waals surface area contributed by atoms with Crippen LogP contribution in [-0.4, -0.2) is 16.3 Å². The molecule has 0 radical (unpaired) electrons. The summed E-state index contributed by atoms with van der Waals surface area (Å²) >= 11 is 3.33. The third-order valence-electron chi connectivity index (χ3n) is 2.63. The third-order valence-corrected chi connectivity index (χ3v) is 3.06. The second kappa shape index (κ2) is 5.51. The van der Waals surface area contributed by atoms with Crippen LogP contribution in [0, 0.1) is 0 Å². The highest BCUT2D eigenvalue weighted by Crippen LogP contribution is 2.25. The number of hydrogen-bond donors (Lipinski definition) is 1. The smallest absolute Gasteiger partial charge is 0.169 e. The molecule has 0 spiro atoms. The minimum atomic E-state index is 0.0498. The van der Waals surface area contributed by atoms with Gasteiger partial charge >= 0.3 is 0 Å². The Morgan fingerprint density at radius 1 is 1.47 bits per heavy atom. The van der Waals surface area contributed by atoms with Gasteiger partial charge in [-0.05, 0) is 47.1 Å². The van der Waals surface area contributed by atoms with Gasteiger partial charge in [0, 0.05) is 13.2 Å². The molecule has 0 amide bonds. The summed E-state index contributed by atoms with van der Waals surface area (Å²) in [6.07, 6.45) is 2.88. The molecular weight excluding hydrogens is 282 g/mol. The number of furan rings is 1. The van der Waals surface area contributed by atoms with Crippen molar-refractivity contribution < 1.29 is 4.42 Å². The van der Waals surface area contributed by atoms with Gasteiger partial charge in [0.2, 0.25) is 0 Å². The van der Waals surface area contributed by atoms with Gasteiger partial charge in [-0.3, -0.25) is 4.68 Å². The molecule has 2 rings (SSSR count). The zero-order valence-electron chi connectivity index (χ0n) is 9.98. The van der Waals surface area contributed by atoms with Gasteiger partial charge < -0.3 is 9.73 Å². The van der Waals surface area contributed by atoms with Crippen molar-refractivity contribution in [2.75, 3.05) is 6.54 Å². The molecule has 1 N–H and O–H groups in total. The van der Waals surface area contributed by atoms with E-state index in [9.17, 15) is 0 Å². The standard InChI is InChI=1S/C12H16BrN3O/c1-3-7-14-12(9-6-8-15-16(9)2)10-4-5-11(13)17-10/h4-6,8,12,14H,3,7H2,1-2H3. The Labute approximate surface area is 109 Å². The molecule has 0 fully saturated rings. The Hall–Kier alpha value is -1.07. The second-order valence-electron chi connectivity index (χ2n) is 3.91. The van der Waals surface area contributed by atoms with E-state index in [0.29, 0.717) is 0 Å². The van der Waals surface area contributed by atoms with Gasteiger partial charge in [0.15, 0.2) is 4.67 Å². The van der Waals surface area contributed by atoms with Crippen LogP contribution < -0.4 is 5.32 Å². The van der Waals surface area contributed by atoms with Gasteiger partial charge in [0.1, 0.15) is 11.8 Å². The highest BCUT2D eigenvalue weighted by Gasteiger charge is 2.19. The van der Waals surface area contributed by atoms with E-state index in [1.165, 1.54) is 0 Å². The summed E-state index contributed by atoms with van der Waals surface area (Å²) < 4.78 is 8.25. The summed E-state index contributed by atoms with van der Waals surface area (Å²) in [4.78, 5) is 0. The fraction of sp³-hybridized carbons (Fsp3) is 0.417. The molecule has 5 heteroatoms. The molecule has 2 aromatic rings. The van der Waals surface area contributed by atoms with E-state index < -0.39 is 0 Å². The average Bonchev–Trinajstić information content (AvgIpc) is 2.90. The summed E-state index contributed by atoms with van der Waals surface area (Å²) in [5.74, 6) is 0.897. The SMILES string of the molecule is CCCNC(c1ccc(Br)o1)c1ccnn1C. The van der Waals surface area contributed by atoms with Gasteiger partial charge in [-0.15, -0.1) is 0 Å². The lowest BCUT2D eigenvalue weighted by atomic mass is 10.1. The summed E-state index contributed by atoms with van der Waals surface area (Å²) in [7, 11) is 1.94. The fourth-order valence-electron chi connectivity index (χ4n) is 1.79. The molecule has 0 aliphatic carbocycles. The highest BCUT2D eigenvalue weighted by molar-refractivity contribution is 9.10. The molecule has 0 aromatic carbocycles. The number of aromatic nitrogens is 2. The van der Waals surface area contributed by atoms with Crippen molar-refractivity contribution in [3.8, 4) is 0 Å². The first-order valence-electron chi connectivity index (χ1n) is 5.69. The summed E-state index contributed by atoms with van der Waals surface area (Å²) in [6.45, 7) is 3.08. The van der Waals surface area contributed by atoms with E-state index in [4.69, 9.17) is 4.42 Å². The Bertz CT molecular complexity index is 478. The first-order valence-corrected chi connectivity index (χ1v) is 6.48. The molecule has 0 saturated heterocycles. The van der Waals surface area contributed by atoms with Crippen LogP contribution in [0.4, 0.5) is 0 Å². The predicted molar refractivity (Wildman–Crippen MR) is 69.8 cm³/mol. The Morgan fingerprint density at radius 2 is 2.29 bits per heavy atom. The summed E-state index contributed by atoms with van der Waals surface area (Å²) in [5.41, 5.74) is 1.10. The van der Waals surface area contributed by atoms with Crippen LogP contribution in [0.2, 0.25) is 0 Å². The molecule has 2 aromatic heterocycles. The van der Waals surface area contributed by atoms with Gasteiger partial charge in [-0.25, -0.2) is 0 Å². The number of aryl methyl sites for hydroxylation is 1. The lowest BCUT2D eigenvalue weighted by molar-refractivity contribution is 0.420. The zero-order chi connectivity index (χ0) is 12.3. The minimum absolute atomic E-state index is 0.0498. The maximum absolute atomic E-state index is 5.63. The zero-order valence-corrected chi connectivity index (χ0v) is 11.6. The van der Waals surface area contributed by atoms with Crippen LogP contribution in [0.5, 0.6) is 0 Å². The summed E-state index contributed by atoms with van der Waals surface area (Å²) in [6, 6.07) is 5.94. The van der Waals surface area contributed by atoms with E-state index in [0.717, 1.165) is 29.1 Å². The maximum atomic E-state index is 5.63. The van der Waals surface area contributed by atoms with Crippen molar-refractivity contribution in [1.29, 1.82) is 0 Å². The maximum Gasteiger partial charge on any atom is 0.169 e. The van der Waals surface area contributed by atoms with E-state index >= 15 is 0 Å². The number of hydrogen-bond acceptors (Lipinski definition) is 3. The first-order chi connectivity index (χ1) is 8.22. The quantitative estimate of drug-likeness (QED) is 0.923. The fourth-order valence-corrected chi connectivity index (χ4v) is 2.11. The Kier molecular flexibility index (Phi) is 4.02. The minimum Gasteiger partial charge on any atom is -0.452 e. The molecule has 1 unspecified atom stereocenters. The molecule has 17 heavy (non-hydrogen) atoms. The summed E-state index contributed by atoms with van der Waals surface area (Å²) in [5, 5.41) is 7.67. The highest BCUT2D eigenvalue weighted by atomic mass is 79.9. The lowest BCUT2D eigenvalue weighted by Gasteiger charge is -2.16. The van der Waals surface area contributed by atoms with Crippen molar-refractivity contribution in [1.82, 2.24) is 15.1 Å². The average molecular weight is 298 g/mol. The lowest BCUT2D eigenvalue weighted by Crippen LogP contribution is -2.24. The van der Waals surface area contributed by atoms with Crippen LogP contribution in [0.25, 0.3) is 0 Å². The largest absolute Gasteiger partial charge is 0.452 e. The molecule has 2 heterocycles. The van der Waals surface area contributed by atoms with Crippen LogP contribution >= 0.6 is 15.9 Å². The molecule has 0 aliphatic heterocycles. The van der Waals surface area contributed by atoms with Gasteiger partial charge in [-0.1, -0.05) is 6.92 Å². The van der Waals surface area contributed by atoms with Crippen molar-refractivity contribution in [2.24, 2.45) is 7.05 Å². The molecule has 4 nitrogen and oxygen atoms in total. The molecule has 1 atom stereocenters. The normalized spacial score (nSPS) is 12.9. The van der Waals surface area contributed by atoms with Crippen LogP contribution in [0.1, 0.15) is 30.8 Å². The van der Waals surface area contributed by atoms with E-state index in [1.807, 2.05) is 29.9 Å². The molecular formula is C12H16BrN3O. The molecule has 92 valence electrons. The third kappa shape index (κ3) is 2.79. The van der Waals surface area contributed by atoms with E-state index in [1.54, 1.807) is 6.20 Å². The van der Waals surface area contributed by atoms with Gasteiger partial charge in [0.05, 0.1) is 5.69 Å². The van der Waals surface area contributed by atoms with Crippen LogP contribution in [-0.2, 0) is 7.05 Å². The Morgan fingerprint density at radius 3 is 2.82 bits per heavy atom. The van der Waals surface area contributed by atoms with Gasteiger partial charge in [0.25, 0.3) is 0 Å². The number of halogens is 1. The predicted octanol–water partition coefficient (Wildman–Crippen LogP) is 2.86.